The standard InChI is InChI=1S/C34H63NO7/c1-5-6-7-8-9-10-11-12-13-14-15-16-17-18-19-20-21-22-23-24-25-26-32(37)41-29-31(36)30-42-34(33(38)39)40-28-27-35(2,3)4/h11-12,14-15,31,34,36H,5-10,13,16-30H2,1-4H3/b12-11-,15-14-. The molecule has 0 amide bonds. The molecule has 8 nitrogen and oxygen atoms in total. The molecule has 246 valence electrons. The molecule has 0 spiro atoms. The summed E-state index contributed by atoms with van der Waals surface area (Å²) < 4.78 is 16.0. The molecule has 0 bridgehead atoms. The van der Waals surface area contributed by atoms with Crippen LogP contribution in [0.4, 0.5) is 0 Å². The Morgan fingerprint density at radius 2 is 1.26 bits per heavy atom. The molecule has 2 atom stereocenters. The number of likely N-dealkylation sites (N-methyl/N-ethyl adjacent to an activating group) is 1. The maximum Gasteiger partial charge on any atom is 0.305 e. The van der Waals surface area contributed by atoms with E-state index < -0.39 is 18.4 Å². The van der Waals surface area contributed by atoms with E-state index in [9.17, 15) is 19.8 Å². The summed E-state index contributed by atoms with van der Waals surface area (Å²) in [6, 6.07) is 0. The molecule has 0 aliphatic heterocycles. The third-order valence-electron chi connectivity index (χ3n) is 6.93. The van der Waals surface area contributed by atoms with Crippen molar-refractivity contribution in [3.8, 4) is 0 Å². The summed E-state index contributed by atoms with van der Waals surface area (Å²) in [6.07, 6.45) is 27.4. The van der Waals surface area contributed by atoms with Crippen molar-refractivity contribution in [2.75, 3.05) is 47.5 Å². The summed E-state index contributed by atoms with van der Waals surface area (Å²) in [5, 5.41) is 21.1. The van der Waals surface area contributed by atoms with E-state index in [1.807, 2.05) is 21.1 Å². The lowest BCUT2D eigenvalue weighted by atomic mass is 10.1. The van der Waals surface area contributed by atoms with E-state index in [2.05, 4.69) is 31.2 Å². The van der Waals surface area contributed by atoms with Gasteiger partial charge in [-0.2, -0.15) is 0 Å². The average molecular weight is 598 g/mol. The highest BCUT2D eigenvalue weighted by atomic mass is 16.7. The Balaban J connectivity index is 3.57. The average Bonchev–Trinajstić information content (AvgIpc) is 2.93. The lowest BCUT2D eigenvalue weighted by Gasteiger charge is -2.26. The number of carboxylic acid groups (broad SMARTS) is 1. The molecule has 0 saturated heterocycles. The van der Waals surface area contributed by atoms with Gasteiger partial charge in [0.15, 0.2) is 6.29 Å². The highest BCUT2D eigenvalue weighted by molar-refractivity contribution is 5.69. The first-order chi connectivity index (χ1) is 20.2. The molecule has 0 radical (unpaired) electrons. The number of aliphatic carboxylic acids is 1. The third-order valence-corrected chi connectivity index (χ3v) is 6.93. The molecule has 2 unspecified atom stereocenters. The summed E-state index contributed by atoms with van der Waals surface area (Å²) in [7, 11) is 5.86. The molecule has 1 N–H and O–H groups in total. The number of carboxylic acids is 1. The maximum absolute atomic E-state index is 11.9. The Morgan fingerprint density at radius 1 is 0.738 bits per heavy atom. The van der Waals surface area contributed by atoms with Crippen molar-refractivity contribution in [1.29, 1.82) is 0 Å². The lowest BCUT2D eigenvalue weighted by molar-refractivity contribution is -0.870. The number of nitrogens with zero attached hydrogens (tertiary/aromatic N) is 1. The number of unbranched alkanes of at least 4 members (excludes halogenated alkanes) is 14. The van der Waals surface area contributed by atoms with Gasteiger partial charge in [0.05, 0.1) is 40.3 Å². The summed E-state index contributed by atoms with van der Waals surface area (Å²) in [4.78, 5) is 23.1. The van der Waals surface area contributed by atoms with E-state index in [0.717, 1.165) is 25.7 Å². The molecule has 42 heavy (non-hydrogen) atoms. The number of aliphatic hydroxyl groups is 1. The number of esters is 1. The quantitative estimate of drug-likeness (QED) is 0.0364. The Labute approximate surface area is 257 Å². The third kappa shape index (κ3) is 29.7. The van der Waals surface area contributed by atoms with Crippen LogP contribution in [0.2, 0.25) is 0 Å². The number of ether oxygens (including phenoxy) is 3. The van der Waals surface area contributed by atoms with Crippen LogP contribution in [-0.2, 0) is 23.8 Å². The van der Waals surface area contributed by atoms with Crippen LogP contribution < -0.4 is 5.11 Å². The number of allylic oxidation sites excluding steroid dienone is 4. The maximum atomic E-state index is 11.9. The minimum absolute atomic E-state index is 0.170. The van der Waals surface area contributed by atoms with E-state index in [-0.39, 0.29) is 25.8 Å². The Morgan fingerprint density at radius 3 is 1.79 bits per heavy atom. The molecule has 0 rings (SSSR count). The van der Waals surface area contributed by atoms with Gasteiger partial charge in [0.25, 0.3) is 0 Å². The zero-order valence-electron chi connectivity index (χ0n) is 27.4. The number of quaternary nitrogens is 1. The summed E-state index contributed by atoms with van der Waals surface area (Å²) in [5.74, 6) is -1.88. The van der Waals surface area contributed by atoms with E-state index in [1.54, 1.807) is 0 Å². The fourth-order valence-electron chi connectivity index (χ4n) is 4.27. The molecule has 8 heteroatoms. The number of carbonyl (C=O) groups is 2. The van der Waals surface area contributed by atoms with Gasteiger partial charge in [0.2, 0.25) is 0 Å². The van der Waals surface area contributed by atoms with Gasteiger partial charge in [-0.15, -0.1) is 0 Å². The van der Waals surface area contributed by atoms with Crippen molar-refractivity contribution in [3.05, 3.63) is 24.3 Å². The Kier molecular flexibility index (Phi) is 26.9. The van der Waals surface area contributed by atoms with Gasteiger partial charge in [-0.05, 0) is 38.5 Å². The van der Waals surface area contributed by atoms with Gasteiger partial charge in [0, 0.05) is 6.42 Å². The molecular formula is C34H63NO7. The van der Waals surface area contributed by atoms with Gasteiger partial charge >= 0.3 is 5.97 Å². The van der Waals surface area contributed by atoms with Gasteiger partial charge in [-0.25, -0.2) is 0 Å². The molecule has 0 heterocycles. The molecular weight excluding hydrogens is 534 g/mol. The fourth-order valence-corrected chi connectivity index (χ4v) is 4.27. The van der Waals surface area contributed by atoms with Gasteiger partial charge in [0.1, 0.15) is 19.3 Å². The molecule has 0 aliphatic rings. The summed E-state index contributed by atoms with van der Waals surface area (Å²) >= 11 is 0. The van der Waals surface area contributed by atoms with Gasteiger partial charge in [-0.3, -0.25) is 4.79 Å². The van der Waals surface area contributed by atoms with Crippen LogP contribution in [0, 0.1) is 0 Å². The fraction of sp³-hybridized carbons (Fsp3) is 0.824. The van der Waals surface area contributed by atoms with Crippen molar-refractivity contribution < 1.29 is 38.5 Å². The van der Waals surface area contributed by atoms with Crippen molar-refractivity contribution in [2.24, 2.45) is 0 Å². The van der Waals surface area contributed by atoms with Crippen LogP contribution in [0.15, 0.2) is 24.3 Å². The molecule has 0 fully saturated rings. The minimum atomic E-state index is -1.57. The van der Waals surface area contributed by atoms with Crippen LogP contribution in [0.1, 0.15) is 122 Å². The first kappa shape index (κ1) is 40.3. The Hall–Kier alpha value is -1.74. The number of rotatable bonds is 30. The lowest BCUT2D eigenvalue weighted by Crippen LogP contribution is -2.44. The minimum Gasteiger partial charge on any atom is -0.545 e. The second-order valence-electron chi connectivity index (χ2n) is 12.3. The van der Waals surface area contributed by atoms with E-state index in [0.29, 0.717) is 17.4 Å². The SMILES string of the molecule is CCCCCCC/C=C\C/C=C\CCCCCCCCCCCC(=O)OCC(O)COC(OCC[N+](C)(C)C)C(=O)[O-]. The molecule has 0 aromatic rings. The van der Waals surface area contributed by atoms with E-state index >= 15 is 0 Å². The highest BCUT2D eigenvalue weighted by Crippen LogP contribution is 2.12. The first-order valence-corrected chi connectivity index (χ1v) is 16.5. The van der Waals surface area contributed by atoms with Crippen molar-refractivity contribution in [1.82, 2.24) is 0 Å². The Bertz CT molecular complexity index is 702. The molecule has 0 aliphatic carbocycles. The smallest absolute Gasteiger partial charge is 0.305 e. The topological polar surface area (TPSA) is 105 Å². The largest absolute Gasteiger partial charge is 0.545 e. The second kappa shape index (κ2) is 28.1. The summed E-state index contributed by atoms with van der Waals surface area (Å²) in [5.41, 5.74) is 0. The monoisotopic (exact) mass is 597 g/mol. The van der Waals surface area contributed by atoms with Crippen LogP contribution >= 0.6 is 0 Å². The van der Waals surface area contributed by atoms with E-state index in [4.69, 9.17) is 14.2 Å². The highest BCUT2D eigenvalue weighted by Gasteiger charge is 2.17. The van der Waals surface area contributed by atoms with Crippen molar-refractivity contribution in [3.63, 3.8) is 0 Å². The van der Waals surface area contributed by atoms with Gasteiger partial charge in [-0.1, -0.05) is 102 Å². The molecule has 0 saturated carbocycles. The van der Waals surface area contributed by atoms with Crippen LogP contribution in [0.5, 0.6) is 0 Å². The van der Waals surface area contributed by atoms with Crippen molar-refractivity contribution >= 4 is 11.9 Å². The zero-order chi connectivity index (χ0) is 31.3. The zero-order valence-corrected chi connectivity index (χ0v) is 27.4. The predicted molar refractivity (Wildman–Crippen MR) is 168 cm³/mol. The van der Waals surface area contributed by atoms with Crippen LogP contribution in [0.25, 0.3) is 0 Å². The van der Waals surface area contributed by atoms with Gasteiger partial charge < -0.3 is 33.7 Å². The van der Waals surface area contributed by atoms with Crippen LogP contribution in [0.3, 0.4) is 0 Å². The normalized spacial score (nSPS) is 13.6. The number of aliphatic hydroxyl groups excluding tert-OH is 1. The number of hydrogen-bond donors (Lipinski definition) is 1. The number of hydrogen-bond acceptors (Lipinski definition) is 7. The van der Waals surface area contributed by atoms with E-state index in [1.165, 1.54) is 83.5 Å². The summed E-state index contributed by atoms with van der Waals surface area (Å²) in [6.45, 7) is 2.44. The predicted octanol–water partition coefficient (Wildman–Crippen LogP) is 5.86. The molecule has 0 aromatic carbocycles. The number of carbonyl (C=O) groups excluding carboxylic acids is 2. The second-order valence-corrected chi connectivity index (χ2v) is 12.3. The van der Waals surface area contributed by atoms with Crippen molar-refractivity contribution in [2.45, 2.75) is 135 Å². The molecule has 0 aromatic heterocycles. The van der Waals surface area contributed by atoms with Crippen LogP contribution in [-0.4, -0.2) is 81.4 Å². The first-order valence-electron chi connectivity index (χ1n) is 16.5.